The first-order valence-corrected chi connectivity index (χ1v) is 10.4. The molecule has 0 unspecified atom stereocenters. The first-order chi connectivity index (χ1) is 13.7. The molecular formula is C19H22N4O5S. The van der Waals surface area contributed by atoms with Crippen LogP contribution >= 0.6 is 0 Å². The first kappa shape index (κ1) is 20.6. The van der Waals surface area contributed by atoms with Gasteiger partial charge in [0.15, 0.2) is 5.58 Å². The van der Waals surface area contributed by atoms with Crippen molar-refractivity contribution in [3.63, 3.8) is 0 Å². The molecule has 3 aromatic rings. The minimum absolute atomic E-state index is 0.0881. The van der Waals surface area contributed by atoms with E-state index in [0.717, 1.165) is 0 Å². The lowest BCUT2D eigenvalue weighted by Crippen LogP contribution is -2.19. The monoisotopic (exact) mass is 418 g/mol. The highest BCUT2D eigenvalue weighted by atomic mass is 32.2. The van der Waals surface area contributed by atoms with Crippen LogP contribution in [-0.4, -0.2) is 33.0 Å². The van der Waals surface area contributed by atoms with Crippen LogP contribution in [-0.2, 0) is 21.4 Å². The van der Waals surface area contributed by atoms with Crippen molar-refractivity contribution in [1.29, 1.82) is 0 Å². The molecule has 0 atom stereocenters. The smallest absolute Gasteiger partial charge is 0.408 e. The van der Waals surface area contributed by atoms with E-state index >= 15 is 0 Å². The van der Waals surface area contributed by atoms with Gasteiger partial charge in [-0.15, -0.1) is 0 Å². The van der Waals surface area contributed by atoms with Gasteiger partial charge in [-0.1, -0.05) is 12.1 Å². The van der Waals surface area contributed by atoms with E-state index in [1.807, 2.05) is 6.07 Å². The number of primary sulfonamides is 1. The third-order valence-electron chi connectivity index (χ3n) is 4.41. The largest absolute Gasteiger partial charge is 0.419 e. The summed E-state index contributed by atoms with van der Waals surface area (Å²) in [6.45, 7) is 0.320. The maximum absolute atomic E-state index is 12.4. The lowest BCUT2D eigenvalue weighted by atomic mass is 10.2. The summed E-state index contributed by atoms with van der Waals surface area (Å²) in [5.74, 6) is -0.775. The summed E-state index contributed by atoms with van der Waals surface area (Å²) >= 11 is 0. The second-order valence-corrected chi connectivity index (χ2v) is 8.32. The number of amides is 1. The molecule has 2 aromatic carbocycles. The van der Waals surface area contributed by atoms with Crippen molar-refractivity contribution < 1.29 is 17.6 Å². The van der Waals surface area contributed by atoms with E-state index in [9.17, 15) is 18.0 Å². The predicted octanol–water partition coefficient (Wildman–Crippen LogP) is 1.73. The highest BCUT2D eigenvalue weighted by Crippen LogP contribution is 2.27. The second-order valence-electron chi connectivity index (χ2n) is 6.76. The van der Waals surface area contributed by atoms with Crippen LogP contribution < -0.4 is 21.1 Å². The van der Waals surface area contributed by atoms with Gasteiger partial charge in [0.1, 0.15) is 0 Å². The summed E-state index contributed by atoms with van der Waals surface area (Å²) in [5.41, 5.74) is 2.16. The van der Waals surface area contributed by atoms with Crippen LogP contribution in [0.4, 0.5) is 11.4 Å². The number of anilines is 2. The standard InChI is InChI=1S/C19H22N4O5S/c1-22(2)15-10-9-13(29(20,26)27)12-14(15)21-18(24)8-5-11-23-16-6-3-4-7-17(16)28-19(23)25/h3-4,6-7,9-10,12H,5,8,11H2,1-2H3,(H,21,24)(H2,20,26,27). The molecule has 0 saturated carbocycles. The Labute approximate surface area is 167 Å². The minimum atomic E-state index is -3.89. The molecule has 1 aromatic heterocycles. The molecule has 10 heteroatoms. The first-order valence-electron chi connectivity index (χ1n) is 8.89. The minimum Gasteiger partial charge on any atom is -0.408 e. The maximum atomic E-state index is 12.4. The van der Waals surface area contributed by atoms with E-state index < -0.39 is 15.8 Å². The summed E-state index contributed by atoms with van der Waals surface area (Å²) in [6.07, 6.45) is 0.542. The third kappa shape index (κ3) is 4.66. The van der Waals surface area contributed by atoms with Crippen LogP contribution in [0.15, 0.2) is 56.6 Å². The molecule has 0 aliphatic carbocycles. The number of para-hydroxylation sites is 2. The van der Waals surface area contributed by atoms with Crippen LogP contribution in [0.1, 0.15) is 12.8 Å². The number of oxazole rings is 1. The number of sulfonamides is 1. The Kier molecular flexibility index (Phi) is 5.76. The molecule has 1 amide bonds. The van der Waals surface area contributed by atoms with Crippen molar-refractivity contribution >= 4 is 38.4 Å². The Morgan fingerprint density at radius 2 is 1.93 bits per heavy atom. The molecule has 9 nitrogen and oxygen atoms in total. The normalized spacial score (nSPS) is 11.6. The molecule has 1 heterocycles. The molecule has 0 saturated heterocycles. The van der Waals surface area contributed by atoms with E-state index in [4.69, 9.17) is 9.56 Å². The number of nitrogens with one attached hydrogen (secondary N) is 1. The van der Waals surface area contributed by atoms with Gasteiger partial charge < -0.3 is 14.6 Å². The number of nitrogens with two attached hydrogens (primary N) is 1. The Morgan fingerprint density at radius 1 is 1.21 bits per heavy atom. The zero-order chi connectivity index (χ0) is 21.2. The summed E-state index contributed by atoms with van der Waals surface area (Å²) in [4.78, 5) is 26.0. The lowest BCUT2D eigenvalue weighted by Gasteiger charge is -2.18. The van der Waals surface area contributed by atoms with Crippen molar-refractivity contribution in [2.45, 2.75) is 24.3 Å². The molecule has 0 bridgehead atoms. The van der Waals surface area contributed by atoms with Crippen molar-refractivity contribution in [3.05, 3.63) is 53.0 Å². The Bertz CT molecular complexity index is 1210. The Hall–Kier alpha value is -3.11. The Morgan fingerprint density at radius 3 is 2.62 bits per heavy atom. The van der Waals surface area contributed by atoms with Gasteiger partial charge in [-0.05, 0) is 36.8 Å². The number of hydrogen-bond acceptors (Lipinski definition) is 6. The molecule has 0 spiro atoms. The van der Waals surface area contributed by atoms with Crippen molar-refractivity contribution in [2.75, 3.05) is 24.3 Å². The zero-order valence-corrected chi connectivity index (χ0v) is 16.9. The number of aryl methyl sites for hydroxylation is 1. The van der Waals surface area contributed by atoms with Crippen LogP contribution in [0.25, 0.3) is 11.1 Å². The lowest BCUT2D eigenvalue weighted by molar-refractivity contribution is -0.116. The van der Waals surface area contributed by atoms with Crippen LogP contribution in [0.3, 0.4) is 0 Å². The quantitative estimate of drug-likeness (QED) is 0.601. The number of hydrogen-bond donors (Lipinski definition) is 2. The van der Waals surface area contributed by atoms with E-state index in [2.05, 4.69) is 5.32 Å². The molecule has 29 heavy (non-hydrogen) atoms. The van der Waals surface area contributed by atoms with Gasteiger partial charge in [0.2, 0.25) is 15.9 Å². The number of rotatable bonds is 7. The van der Waals surface area contributed by atoms with E-state index in [1.54, 1.807) is 43.3 Å². The van der Waals surface area contributed by atoms with Crippen LogP contribution in [0, 0.1) is 0 Å². The molecular weight excluding hydrogens is 396 g/mol. The van der Waals surface area contributed by atoms with Gasteiger partial charge in [0.05, 0.1) is 21.8 Å². The van der Waals surface area contributed by atoms with Gasteiger partial charge >= 0.3 is 5.76 Å². The fourth-order valence-electron chi connectivity index (χ4n) is 3.02. The van der Waals surface area contributed by atoms with Gasteiger partial charge in [0, 0.05) is 27.1 Å². The van der Waals surface area contributed by atoms with Gasteiger partial charge in [-0.25, -0.2) is 18.4 Å². The molecule has 0 aliphatic heterocycles. The number of carbonyl (C=O) groups excluding carboxylic acids is 1. The van der Waals surface area contributed by atoms with Crippen molar-refractivity contribution in [3.8, 4) is 0 Å². The topological polar surface area (TPSA) is 128 Å². The van der Waals surface area contributed by atoms with E-state index in [-0.39, 0.29) is 17.2 Å². The van der Waals surface area contributed by atoms with Crippen molar-refractivity contribution in [1.82, 2.24) is 4.57 Å². The third-order valence-corrected chi connectivity index (χ3v) is 5.32. The number of fused-ring (bicyclic) bond motifs is 1. The summed E-state index contributed by atoms with van der Waals surface area (Å²) in [7, 11) is -0.342. The second kappa shape index (κ2) is 8.10. The van der Waals surface area contributed by atoms with Crippen LogP contribution in [0.2, 0.25) is 0 Å². The van der Waals surface area contributed by atoms with Gasteiger partial charge in [0.25, 0.3) is 0 Å². The molecule has 3 N–H and O–H groups in total. The molecule has 3 rings (SSSR count). The highest BCUT2D eigenvalue weighted by Gasteiger charge is 2.15. The molecule has 0 radical (unpaired) electrons. The van der Waals surface area contributed by atoms with E-state index in [1.165, 1.54) is 16.7 Å². The highest BCUT2D eigenvalue weighted by molar-refractivity contribution is 7.89. The summed E-state index contributed by atoms with van der Waals surface area (Å²) in [6, 6.07) is 11.4. The molecule has 0 aliphatic rings. The van der Waals surface area contributed by atoms with E-state index in [0.29, 0.717) is 35.4 Å². The van der Waals surface area contributed by atoms with Gasteiger partial charge in [-0.3, -0.25) is 9.36 Å². The number of nitrogens with zero attached hydrogens (tertiary/aromatic N) is 2. The molecule has 0 fully saturated rings. The number of benzene rings is 2. The zero-order valence-electron chi connectivity index (χ0n) is 16.1. The predicted molar refractivity (Wildman–Crippen MR) is 110 cm³/mol. The SMILES string of the molecule is CN(C)c1ccc(S(N)(=O)=O)cc1NC(=O)CCCn1c(=O)oc2ccccc21. The fraction of sp³-hybridized carbons (Fsp3) is 0.263. The average Bonchev–Trinajstić information content (AvgIpc) is 2.96. The van der Waals surface area contributed by atoms with Gasteiger partial charge in [-0.2, -0.15) is 0 Å². The fourth-order valence-corrected chi connectivity index (χ4v) is 3.56. The number of aromatic nitrogens is 1. The summed E-state index contributed by atoms with van der Waals surface area (Å²) < 4.78 is 29.9. The molecule has 154 valence electrons. The van der Waals surface area contributed by atoms with Crippen molar-refractivity contribution in [2.24, 2.45) is 5.14 Å². The summed E-state index contributed by atoms with van der Waals surface area (Å²) in [5, 5.41) is 7.91. The number of carbonyl (C=O) groups is 1. The Balaban J connectivity index is 1.70. The average molecular weight is 418 g/mol. The maximum Gasteiger partial charge on any atom is 0.419 e. The van der Waals surface area contributed by atoms with Crippen LogP contribution in [0.5, 0.6) is 0 Å².